The summed E-state index contributed by atoms with van der Waals surface area (Å²) < 4.78 is 0.639. The number of aliphatic hydroxyl groups excluding tert-OH is 2. The predicted octanol–water partition coefficient (Wildman–Crippen LogP) is 0.707. The van der Waals surface area contributed by atoms with Crippen molar-refractivity contribution in [2.45, 2.75) is 18.9 Å². The number of rotatable bonds is 5. The zero-order valence-electron chi connectivity index (χ0n) is 9.48. The molecular weight excluding hydrogens is 288 g/mol. The van der Waals surface area contributed by atoms with Crippen molar-refractivity contribution in [2.24, 2.45) is 0 Å². The maximum atomic E-state index is 11.9. The van der Waals surface area contributed by atoms with E-state index in [1.165, 1.54) is 6.20 Å². The van der Waals surface area contributed by atoms with Gasteiger partial charge in [0, 0.05) is 6.20 Å². The number of hydrogen-bond donors (Lipinski definition) is 3. The lowest BCUT2D eigenvalue weighted by Crippen LogP contribution is -2.53. The lowest BCUT2D eigenvalue weighted by Gasteiger charge is -2.29. The number of amides is 1. The lowest BCUT2D eigenvalue weighted by molar-refractivity contribution is 0.0652. The van der Waals surface area contributed by atoms with Crippen LogP contribution in [0.2, 0.25) is 0 Å². The van der Waals surface area contributed by atoms with E-state index in [0.717, 1.165) is 0 Å². The molecule has 0 saturated carbocycles. The van der Waals surface area contributed by atoms with Gasteiger partial charge in [-0.3, -0.25) is 4.79 Å². The molecule has 1 rings (SSSR count). The zero-order chi connectivity index (χ0) is 12.9. The molecule has 94 valence electrons. The second-order valence-corrected chi connectivity index (χ2v) is 4.59. The highest BCUT2D eigenvalue weighted by molar-refractivity contribution is 9.10. The number of halogens is 1. The van der Waals surface area contributed by atoms with Crippen molar-refractivity contribution in [1.82, 2.24) is 10.3 Å². The first-order valence-electron chi connectivity index (χ1n) is 5.22. The Morgan fingerprint density at radius 2 is 2.12 bits per heavy atom. The van der Waals surface area contributed by atoms with E-state index in [1.807, 2.05) is 0 Å². The fourth-order valence-electron chi connectivity index (χ4n) is 1.26. The minimum atomic E-state index is -0.982. The molecule has 1 aromatic rings. The average molecular weight is 303 g/mol. The monoisotopic (exact) mass is 302 g/mol. The van der Waals surface area contributed by atoms with Crippen molar-refractivity contribution >= 4 is 21.8 Å². The Morgan fingerprint density at radius 1 is 1.47 bits per heavy atom. The Balaban J connectivity index is 2.81. The van der Waals surface area contributed by atoms with E-state index in [2.05, 4.69) is 26.2 Å². The predicted molar refractivity (Wildman–Crippen MR) is 66.6 cm³/mol. The summed E-state index contributed by atoms with van der Waals surface area (Å²) in [6.45, 7) is 1.16. The molecule has 1 aromatic heterocycles. The fourth-order valence-corrected chi connectivity index (χ4v) is 1.50. The van der Waals surface area contributed by atoms with Gasteiger partial charge in [-0.05, 0) is 34.5 Å². The molecule has 0 bridgehead atoms. The summed E-state index contributed by atoms with van der Waals surface area (Å²) in [6, 6.07) is 3.27. The Labute approximate surface area is 108 Å². The van der Waals surface area contributed by atoms with E-state index in [-0.39, 0.29) is 19.1 Å². The Bertz CT molecular complexity index is 369. The molecule has 0 aliphatic heterocycles. The van der Waals surface area contributed by atoms with Crippen molar-refractivity contribution in [3.63, 3.8) is 0 Å². The summed E-state index contributed by atoms with van der Waals surface area (Å²) in [7, 11) is 0. The van der Waals surface area contributed by atoms with Crippen molar-refractivity contribution in [2.75, 3.05) is 13.2 Å². The number of nitrogens with one attached hydrogen (secondary N) is 1. The van der Waals surface area contributed by atoms with Crippen LogP contribution in [0, 0.1) is 0 Å². The fraction of sp³-hybridized carbons (Fsp3) is 0.455. The molecule has 0 aliphatic rings. The first-order chi connectivity index (χ1) is 8.06. The molecule has 0 spiro atoms. The Kier molecular flexibility index (Phi) is 5.04. The van der Waals surface area contributed by atoms with Crippen molar-refractivity contribution in [1.29, 1.82) is 0 Å². The normalized spacial score (nSPS) is 11.3. The van der Waals surface area contributed by atoms with Crippen LogP contribution >= 0.6 is 15.9 Å². The van der Waals surface area contributed by atoms with Crippen LogP contribution in [0.5, 0.6) is 0 Å². The van der Waals surface area contributed by atoms with E-state index >= 15 is 0 Å². The summed E-state index contributed by atoms with van der Waals surface area (Å²) in [6.07, 6.45) is 1.87. The topological polar surface area (TPSA) is 82.5 Å². The average Bonchev–Trinajstić information content (AvgIpc) is 2.37. The maximum absolute atomic E-state index is 11.9. The molecule has 0 saturated heterocycles. The summed E-state index contributed by atoms with van der Waals surface area (Å²) in [5.41, 5.74) is -0.600. The third-order valence-electron chi connectivity index (χ3n) is 2.65. The highest BCUT2D eigenvalue weighted by atomic mass is 79.9. The van der Waals surface area contributed by atoms with Crippen molar-refractivity contribution in [3.8, 4) is 0 Å². The van der Waals surface area contributed by atoms with Gasteiger partial charge in [0.05, 0.1) is 24.3 Å². The number of aromatic nitrogens is 1. The molecule has 17 heavy (non-hydrogen) atoms. The number of carbonyl (C=O) groups is 1. The second kappa shape index (κ2) is 6.09. The molecule has 0 aliphatic carbocycles. The molecule has 3 N–H and O–H groups in total. The van der Waals surface area contributed by atoms with Crippen LogP contribution in [0.3, 0.4) is 0 Å². The third-order valence-corrected chi connectivity index (χ3v) is 3.12. The van der Waals surface area contributed by atoms with Gasteiger partial charge in [-0.2, -0.15) is 0 Å². The van der Waals surface area contributed by atoms with Crippen LogP contribution in [0.25, 0.3) is 0 Å². The van der Waals surface area contributed by atoms with E-state index in [1.54, 1.807) is 19.1 Å². The van der Waals surface area contributed by atoms with Crippen LogP contribution in [-0.4, -0.2) is 39.9 Å². The van der Waals surface area contributed by atoms with Gasteiger partial charge < -0.3 is 15.5 Å². The zero-order valence-corrected chi connectivity index (χ0v) is 11.1. The number of pyridine rings is 1. The van der Waals surface area contributed by atoms with Gasteiger partial charge in [0.1, 0.15) is 4.60 Å². The number of carbonyl (C=O) groups excluding carboxylic acids is 1. The van der Waals surface area contributed by atoms with E-state index < -0.39 is 5.54 Å². The summed E-state index contributed by atoms with van der Waals surface area (Å²) in [4.78, 5) is 15.8. The standard InChI is InChI=1S/C11H15BrN2O3/c1-2-11(6-15,7-16)14-10(17)8-3-4-9(12)13-5-8/h3-5,15-16H,2,6-7H2,1H3,(H,14,17). The molecule has 0 aromatic carbocycles. The number of hydrogen-bond acceptors (Lipinski definition) is 4. The second-order valence-electron chi connectivity index (χ2n) is 3.77. The van der Waals surface area contributed by atoms with Gasteiger partial charge >= 0.3 is 0 Å². The molecule has 5 nitrogen and oxygen atoms in total. The van der Waals surface area contributed by atoms with Gasteiger partial charge in [0.15, 0.2) is 0 Å². The molecule has 1 heterocycles. The third kappa shape index (κ3) is 3.49. The van der Waals surface area contributed by atoms with Crippen molar-refractivity contribution in [3.05, 3.63) is 28.5 Å². The first-order valence-corrected chi connectivity index (χ1v) is 6.02. The Hall–Kier alpha value is -0.980. The van der Waals surface area contributed by atoms with Gasteiger partial charge in [0.2, 0.25) is 0 Å². The highest BCUT2D eigenvalue weighted by Gasteiger charge is 2.28. The van der Waals surface area contributed by atoms with Gasteiger partial charge in [-0.25, -0.2) is 4.98 Å². The highest BCUT2D eigenvalue weighted by Crippen LogP contribution is 2.11. The van der Waals surface area contributed by atoms with Crippen LogP contribution in [0.4, 0.5) is 0 Å². The quantitative estimate of drug-likeness (QED) is 0.700. The smallest absolute Gasteiger partial charge is 0.253 e. The molecule has 6 heteroatoms. The van der Waals surface area contributed by atoms with Crippen molar-refractivity contribution < 1.29 is 15.0 Å². The molecule has 0 atom stereocenters. The number of aliphatic hydroxyl groups is 2. The van der Waals surface area contributed by atoms with Crippen LogP contribution < -0.4 is 5.32 Å². The van der Waals surface area contributed by atoms with E-state index in [4.69, 9.17) is 0 Å². The summed E-state index contributed by atoms with van der Waals surface area (Å²) in [5.74, 6) is -0.366. The lowest BCUT2D eigenvalue weighted by atomic mass is 9.98. The summed E-state index contributed by atoms with van der Waals surface area (Å²) in [5, 5.41) is 21.1. The van der Waals surface area contributed by atoms with E-state index in [0.29, 0.717) is 16.6 Å². The minimum Gasteiger partial charge on any atom is -0.394 e. The molecule has 0 radical (unpaired) electrons. The van der Waals surface area contributed by atoms with Gasteiger partial charge in [-0.15, -0.1) is 0 Å². The first kappa shape index (κ1) is 14.1. The van der Waals surface area contributed by atoms with Crippen LogP contribution in [0.15, 0.2) is 22.9 Å². The van der Waals surface area contributed by atoms with Gasteiger partial charge in [0.25, 0.3) is 5.91 Å². The molecule has 0 fully saturated rings. The maximum Gasteiger partial charge on any atom is 0.253 e. The van der Waals surface area contributed by atoms with E-state index in [9.17, 15) is 15.0 Å². The minimum absolute atomic E-state index is 0.310. The Morgan fingerprint density at radius 3 is 2.53 bits per heavy atom. The largest absolute Gasteiger partial charge is 0.394 e. The van der Waals surface area contributed by atoms with Crippen LogP contribution in [0.1, 0.15) is 23.7 Å². The van der Waals surface area contributed by atoms with Gasteiger partial charge in [-0.1, -0.05) is 6.92 Å². The number of nitrogens with zero attached hydrogens (tertiary/aromatic N) is 1. The molecule has 0 unspecified atom stereocenters. The summed E-state index contributed by atoms with van der Waals surface area (Å²) >= 11 is 3.17. The molecule has 1 amide bonds. The SMILES string of the molecule is CCC(CO)(CO)NC(=O)c1ccc(Br)nc1. The molecular formula is C11H15BrN2O3. The van der Waals surface area contributed by atoms with Crippen LogP contribution in [-0.2, 0) is 0 Å².